The summed E-state index contributed by atoms with van der Waals surface area (Å²) >= 11 is 0. The van der Waals surface area contributed by atoms with E-state index in [0.29, 0.717) is 12.5 Å². The van der Waals surface area contributed by atoms with E-state index in [1.165, 1.54) is 0 Å². The van der Waals surface area contributed by atoms with E-state index in [-0.39, 0.29) is 17.0 Å². The Morgan fingerprint density at radius 3 is 2.68 bits per heavy atom. The number of hydrogen-bond donors (Lipinski definition) is 2. The maximum atomic E-state index is 12.0. The van der Waals surface area contributed by atoms with Gasteiger partial charge in [-0.3, -0.25) is 9.59 Å². The van der Waals surface area contributed by atoms with Crippen LogP contribution in [0.1, 0.15) is 55.2 Å². The molecule has 106 valence electrons. The minimum Gasteiger partial charge on any atom is -0.352 e. The van der Waals surface area contributed by atoms with Crippen LogP contribution in [-0.4, -0.2) is 17.4 Å². The topological polar surface area (TPSA) is 62.0 Å². The fourth-order valence-corrected chi connectivity index (χ4v) is 1.87. The van der Waals surface area contributed by atoms with Crippen molar-refractivity contribution >= 4 is 5.91 Å². The summed E-state index contributed by atoms with van der Waals surface area (Å²) in [6.07, 6.45) is 2.86. The molecule has 1 rings (SSSR count). The van der Waals surface area contributed by atoms with Gasteiger partial charge in [-0.25, -0.2) is 0 Å². The van der Waals surface area contributed by atoms with Crippen molar-refractivity contribution in [2.75, 3.05) is 6.54 Å². The molecule has 0 saturated carbocycles. The first kappa shape index (κ1) is 15.5. The third-order valence-corrected chi connectivity index (χ3v) is 3.42. The summed E-state index contributed by atoms with van der Waals surface area (Å²) in [5.74, 6) is 0.141. The lowest BCUT2D eigenvalue weighted by Gasteiger charge is -2.11. The van der Waals surface area contributed by atoms with Gasteiger partial charge in [0.2, 0.25) is 0 Å². The van der Waals surface area contributed by atoms with Crippen LogP contribution in [0.25, 0.3) is 0 Å². The number of aromatic nitrogens is 1. The van der Waals surface area contributed by atoms with Crippen molar-refractivity contribution in [3.05, 3.63) is 33.2 Å². The molecule has 2 N–H and O–H groups in total. The van der Waals surface area contributed by atoms with Gasteiger partial charge in [0.25, 0.3) is 11.5 Å². The van der Waals surface area contributed by atoms with E-state index in [9.17, 15) is 9.59 Å². The van der Waals surface area contributed by atoms with Gasteiger partial charge in [0.1, 0.15) is 5.56 Å². The molecule has 0 unspecified atom stereocenters. The van der Waals surface area contributed by atoms with Crippen LogP contribution in [0.2, 0.25) is 0 Å². The Bertz CT molecular complexity index is 491. The van der Waals surface area contributed by atoms with Crippen LogP contribution in [-0.2, 0) is 6.42 Å². The van der Waals surface area contributed by atoms with Crippen LogP contribution in [0, 0.1) is 12.8 Å². The second-order valence-electron chi connectivity index (χ2n) is 5.14. The van der Waals surface area contributed by atoms with Gasteiger partial charge in [-0.2, -0.15) is 0 Å². The van der Waals surface area contributed by atoms with Gasteiger partial charge in [-0.15, -0.1) is 0 Å². The van der Waals surface area contributed by atoms with E-state index in [2.05, 4.69) is 31.1 Å². The molecule has 19 heavy (non-hydrogen) atoms. The van der Waals surface area contributed by atoms with Crippen molar-refractivity contribution in [1.29, 1.82) is 0 Å². The van der Waals surface area contributed by atoms with Crippen LogP contribution in [0.3, 0.4) is 0 Å². The Morgan fingerprint density at radius 1 is 1.42 bits per heavy atom. The number of carbonyl (C=O) groups excluding carboxylic acids is 1. The highest BCUT2D eigenvalue weighted by molar-refractivity contribution is 5.94. The lowest BCUT2D eigenvalue weighted by molar-refractivity contribution is 0.0946. The minimum absolute atomic E-state index is 0.220. The number of hydrogen-bond acceptors (Lipinski definition) is 2. The molecule has 4 heteroatoms. The van der Waals surface area contributed by atoms with Crippen molar-refractivity contribution < 1.29 is 4.79 Å². The van der Waals surface area contributed by atoms with E-state index < -0.39 is 0 Å². The fraction of sp³-hybridized carbons (Fsp3) is 0.600. The summed E-state index contributed by atoms with van der Waals surface area (Å²) < 4.78 is 0. The second-order valence-corrected chi connectivity index (χ2v) is 5.14. The molecular weight excluding hydrogens is 240 g/mol. The molecule has 1 amide bonds. The molecule has 0 aliphatic heterocycles. The third kappa shape index (κ3) is 4.23. The van der Waals surface area contributed by atoms with Crippen LogP contribution >= 0.6 is 0 Å². The van der Waals surface area contributed by atoms with Crippen molar-refractivity contribution in [1.82, 2.24) is 10.3 Å². The Labute approximate surface area is 114 Å². The number of amides is 1. The maximum absolute atomic E-state index is 12.0. The lowest BCUT2D eigenvalue weighted by Crippen LogP contribution is -2.33. The first-order chi connectivity index (χ1) is 8.99. The number of aromatic amines is 1. The zero-order valence-corrected chi connectivity index (χ0v) is 12.3. The molecule has 0 radical (unpaired) electrons. The van der Waals surface area contributed by atoms with E-state index in [1.54, 1.807) is 6.07 Å². The molecule has 0 aliphatic rings. The number of H-pyrrole nitrogens is 1. The van der Waals surface area contributed by atoms with Crippen LogP contribution in [0.5, 0.6) is 0 Å². The molecule has 0 aromatic carbocycles. The first-order valence-corrected chi connectivity index (χ1v) is 7.00. The molecule has 1 heterocycles. The van der Waals surface area contributed by atoms with Gasteiger partial charge in [-0.05, 0) is 30.9 Å². The molecule has 1 atom stereocenters. The zero-order valence-electron chi connectivity index (χ0n) is 12.3. The standard InChI is InChI=1S/C15H24N2O2/c1-5-7-12-8-13(15(19)17-11(12)4)14(18)16-9-10(3)6-2/h8,10H,5-7,9H2,1-4H3,(H,16,18)(H,17,19)/t10-/m0/s1. The predicted octanol–water partition coefficient (Wildman–Crippen LogP) is 2.41. The Balaban J connectivity index is 2.90. The molecule has 0 bridgehead atoms. The average Bonchev–Trinajstić information content (AvgIpc) is 2.38. The molecule has 0 aliphatic carbocycles. The highest BCUT2D eigenvalue weighted by Crippen LogP contribution is 2.08. The maximum Gasteiger partial charge on any atom is 0.261 e. The van der Waals surface area contributed by atoms with Crippen molar-refractivity contribution in [3.8, 4) is 0 Å². The molecular formula is C15H24N2O2. The first-order valence-electron chi connectivity index (χ1n) is 7.00. The summed E-state index contributed by atoms with van der Waals surface area (Å²) in [6.45, 7) is 8.70. The second kappa shape index (κ2) is 7.12. The van der Waals surface area contributed by atoms with Gasteiger partial charge >= 0.3 is 0 Å². The highest BCUT2D eigenvalue weighted by atomic mass is 16.2. The predicted molar refractivity (Wildman–Crippen MR) is 77.6 cm³/mol. The van der Waals surface area contributed by atoms with Gasteiger partial charge in [-0.1, -0.05) is 33.6 Å². The van der Waals surface area contributed by atoms with Gasteiger partial charge in [0.05, 0.1) is 0 Å². The Morgan fingerprint density at radius 2 is 2.11 bits per heavy atom. The smallest absolute Gasteiger partial charge is 0.261 e. The monoisotopic (exact) mass is 264 g/mol. The quantitative estimate of drug-likeness (QED) is 0.829. The van der Waals surface area contributed by atoms with Gasteiger partial charge in [0, 0.05) is 12.2 Å². The highest BCUT2D eigenvalue weighted by Gasteiger charge is 2.13. The van der Waals surface area contributed by atoms with E-state index in [0.717, 1.165) is 30.5 Å². The summed E-state index contributed by atoms with van der Waals surface area (Å²) in [7, 11) is 0. The summed E-state index contributed by atoms with van der Waals surface area (Å²) in [6, 6.07) is 1.73. The molecule has 4 nitrogen and oxygen atoms in total. The van der Waals surface area contributed by atoms with Gasteiger partial charge < -0.3 is 10.3 Å². The minimum atomic E-state index is -0.306. The van der Waals surface area contributed by atoms with E-state index in [1.807, 2.05) is 6.92 Å². The Hall–Kier alpha value is -1.58. The normalized spacial score (nSPS) is 12.2. The third-order valence-electron chi connectivity index (χ3n) is 3.42. The lowest BCUT2D eigenvalue weighted by atomic mass is 10.1. The van der Waals surface area contributed by atoms with Crippen LogP contribution in [0.15, 0.2) is 10.9 Å². The summed E-state index contributed by atoms with van der Waals surface area (Å²) in [5.41, 5.74) is 1.80. The van der Waals surface area contributed by atoms with Crippen molar-refractivity contribution in [2.45, 2.75) is 47.0 Å². The van der Waals surface area contributed by atoms with Crippen molar-refractivity contribution in [2.24, 2.45) is 5.92 Å². The van der Waals surface area contributed by atoms with E-state index >= 15 is 0 Å². The number of rotatable bonds is 6. The number of pyridine rings is 1. The van der Waals surface area contributed by atoms with Crippen LogP contribution < -0.4 is 10.9 Å². The molecule has 0 spiro atoms. The molecule has 1 aromatic heterocycles. The van der Waals surface area contributed by atoms with E-state index in [4.69, 9.17) is 0 Å². The van der Waals surface area contributed by atoms with Gasteiger partial charge in [0.15, 0.2) is 0 Å². The summed E-state index contributed by atoms with van der Waals surface area (Å²) in [5, 5.41) is 2.82. The average molecular weight is 264 g/mol. The largest absolute Gasteiger partial charge is 0.352 e. The van der Waals surface area contributed by atoms with Crippen molar-refractivity contribution in [3.63, 3.8) is 0 Å². The fourth-order valence-electron chi connectivity index (χ4n) is 1.87. The number of carbonyl (C=O) groups is 1. The molecule has 0 fully saturated rings. The SMILES string of the molecule is CCCc1cc(C(=O)NC[C@@H](C)CC)c(=O)[nH]c1C. The molecule has 1 aromatic rings. The summed E-state index contributed by atoms with van der Waals surface area (Å²) in [4.78, 5) is 26.6. The number of nitrogens with one attached hydrogen (secondary N) is 2. The zero-order chi connectivity index (χ0) is 14.4. The number of aryl methyl sites for hydroxylation is 2. The molecule has 0 saturated heterocycles. The Kier molecular flexibility index (Phi) is 5.80. The van der Waals surface area contributed by atoms with Crippen LogP contribution in [0.4, 0.5) is 0 Å².